The Morgan fingerprint density at radius 1 is 1.24 bits per heavy atom. The first-order valence-corrected chi connectivity index (χ1v) is 6.70. The van der Waals surface area contributed by atoms with E-state index in [2.05, 4.69) is 4.98 Å². The second-order valence-electron chi connectivity index (χ2n) is 5.24. The Morgan fingerprint density at radius 2 is 1.90 bits per heavy atom. The molecule has 0 atom stereocenters. The van der Waals surface area contributed by atoms with Gasteiger partial charge in [-0.15, -0.1) is 0 Å². The fourth-order valence-corrected chi connectivity index (χ4v) is 2.58. The molecule has 0 spiro atoms. The normalized spacial score (nSPS) is 14.2. The minimum absolute atomic E-state index is 0.112. The van der Waals surface area contributed by atoms with Crippen LogP contribution in [0.25, 0.3) is 11.3 Å². The standard InChI is InChI=1S/C16H13F2NO2/c17-12-5-11(6-13(18)8-12)16-15(9-1-2-9)10(3-4-19-16)7-14(20)21/h3-6,8-9H,1-2,7H2,(H,20,21). The Hall–Kier alpha value is -2.30. The third-order valence-electron chi connectivity index (χ3n) is 3.54. The third-order valence-corrected chi connectivity index (χ3v) is 3.54. The van der Waals surface area contributed by atoms with E-state index in [1.54, 1.807) is 6.07 Å². The first kappa shape index (κ1) is 13.7. The van der Waals surface area contributed by atoms with E-state index in [1.807, 2.05) is 0 Å². The van der Waals surface area contributed by atoms with Gasteiger partial charge in [-0.05, 0) is 48.1 Å². The monoisotopic (exact) mass is 289 g/mol. The zero-order chi connectivity index (χ0) is 15.0. The average Bonchev–Trinajstić information content (AvgIpc) is 3.20. The summed E-state index contributed by atoms with van der Waals surface area (Å²) < 4.78 is 26.8. The molecular weight excluding hydrogens is 276 g/mol. The molecule has 21 heavy (non-hydrogen) atoms. The predicted molar refractivity (Wildman–Crippen MR) is 72.9 cm³/mol. The number of pyridine rings is 1. The fourth-order valence-electron chi connectivity index (χ4n) is 2.58. The van der Waals surface area contributed by atoms with Crippen LogP contribution in [0.1, 0.15) is 29.9 Å². The highest BCUT2D eigenvalue weighted by molar-refractivity contribution is 5.74. The molecule has 3 rings (SSSR count). The number of benzene rings is 1. The molecular formula is C16H13F2NO2. The molecule has 5 heteroatoms. The van der Waals surface area contributed by atoms with Crippen LogP contribution in [0.5, 0.6) is 0 Å². The van der Waals surface area contributed by atoms with Crippen LogP contribution in [0.15, 0.2) is 30.5 Å². The van der Waals surface area contributed by atoms with E-state index in [0.29, 0.717) is 16.8 Å². The molecule has 0 aliphatic heterocycles. The number of carboxylic acids is 1. The van der Waals surface area contributed by atoms with Gasteiger partial charge < -0.3 is 5.11 Å². The predicted octanol–water partition coefficient (Wildman–Crippen LogP) is 3.53. The quantitative estimate of drug-likeness (QED) is 0.936. The summed E-state index contributed by atoms with van der Waals surface area (Å²) in [5.74, 6) is -2.04. The smallest absolute Gasteiger partial charge is 0.307 e. The summed E-state index contributed by atoms with van der Waals surface area (Å²) in [6.07, 6.45) is 3.27. The molecule has 0 radical (unpaired) electrons. The largest absolute Gasteiger partial charge is 0.481 e. The lowest BCUT2D eigenvalue weighted by Gasteiger charge is -2.13. The van der Waals surface area contributed by atoms with Crippen LogP contribution in [0.2, 0.25) is 0 Å². The third kappa shape index (κ3) is 2.91. The van der Waals surface area contributed by atoms with Gasteiger partial charge in [-0.3, -0.25) is 9.78 Å². The molecule has 108 valence electrons. The highest BCUT2D eigenvalue weighted by atomic mass is 19.1. The van der Waals surface area contributed by atoms with Crippen molar-refractivity contribution in [2.75, 3.05) is 0 Å². The molecule has 1 aliphatic carbocycles. The number of aliphatic carboxylic acids is 1. The molecule has 1 aliphatic rings. The van der Waals surface area contributed by atoms with Gasteiger partial charge in [0.2, 0.25) is 0 Å². The molecule has 0 unspecified atom stereocenters. The van der Waals surface area contributed by atoms with Gasteiger partial charge in [0.1, 0.15) is 11.6 Å². The van der Waals surface area contributed by atoms with Gasteiger partial charge in [0.15, 0.2) is 0 Å². The van der Waals surface area contributed by atoms with E-state index in [4.69, 9.17) is 5.11 Å². The lowest BCUT2D eigenvalue weighted by atomic mass is 9.95. The highest BCUT2D eigenvalue weighted by Gasteiger charge is 2.30. The number of hydrogen-bond donors (Lipinski definition) is 1. The number of halogens is 2. The summed E-state index contributed by atoms with van der Waals surface area (Å²) in [4.78, 5) is 15.2. The maximum Gasteiger partial charge on any atom is 0.307 e. The van der Waals surface area contributed by atoms with Gasteiger partial charge >= 0.3 is 5.97 Å². The lowest BCUT2D eigenvalue weighted by Crippen LogP contribution is -2.05. The molecule has 1 aromatic carbocycles. The zero-order valence-corrected chi connectivity index (χ0v) is 11.1. The van der Waals surface area contributed by atoms with Gasteiger partial charge in [0.25, 0.3) is 0 Å². The number of carbonyl (C=O) groups is 1. The van der Waals surface area contributed by atoms with Crippen LogP contribution in [-0.4, -0.2) is 16.1 Å². The fraction of sp³-hybridized carbons (Fsp3) is 0.250. The van der Waals surface area contributed by atoms with Crippen molar-refractivity contribution in [2.24, 2.45) is 0 Å². The molecule has 1 saturated carbocycles. The minimum Gasteiger partial charge on any atom is -0.481 e. The second-order valence-corrected chi connectivity index (χ2v) is 5.24. The number of aromatic nitrogens is 1. The number of nitrogens with zero attached hydrogens (tertiary/aromatic N) is 1. The minimum atomic E-state index is -0.931. The van der Waals surface area contributed by atoms with Crippen LogP contribution in [0.3, 0.4) is 0 Å². The summed E-state index contributed by atoms with van der Waals surface area (Å²) in [6, 6.07) is 4.92. The van der Waals surface area contributed by atoms with Crippen LogP contribution in [0, 0.1) is 11.6 Å². The summed E-state index contributed by atoms with van der Waals surface area (Å²) in [7, 11) is 0. The SMILES string of the molecule is O=C(O)Cc1ccnc(-c2cc(F)cc(F)c2)c1C1CC1. The van der Waals surface area contributed by atoms with Crippen LogP contribution >= 0.6 is 0 Å². The van der Waals surface area contributed by atoms with Crippen molar-refractivity contribution in [1.29, 1.82) is 0 Å². The molecule has 1 aromatic heterocycles. The topological polar surface area (TPSA) is 50.2 Å². The van der Waals surface area contributed by atoms with Crippen LogP contribution < -0.4 is 0 Å². The van der Waals surface area contributed by atoms with Crippen LogP contribution in [0.4, 0.5) is 8.78 Å². The van der Waals surface area contributed by atoms with Crippen molar-refractivity contribution in [3.63, 3.8) is 0 Å². The van der Waals surface area contributed by atoms with Gasteiger partial charge in [0, 0.05) is 17.8 Å². The Kier molecular flexibility index (Phi) is 3.41. The molecule has 1 fully saturated rings. The van der Waals surface area contributed by atoms with E-state index in [-0.39, 0.29) is 12.3 Å². The Bertz CT molecular complexity index is 691. The zero-order valence-electron chi connectivity index (χ0n) is 11.1. The van der Waals surface area contributed by atoms with Gasteiger partial charge in [0.05, 0.1) is 12.1 Å². The van der Waals surface area contributed by atoms with Crippen molar-refractivity contribution in [1.82, 2.24) is 4.98 Å². The van der Waals surface area contributed by atoms with Crippen molar-refractivity contribution in [2.45, 2.75) is 25.2 Å². The molecule has 0 bridgehead atoms. The first-order chi connectivity index (χ1) is 10.0. The van der Waals surface area contributed by atoms with Crippen LogP contribution in [-0.2, 0) is 11.2 Å². The van der Waals surface area contributed by atoms with E-state index in [0.717, 1.165) is 24.5 Å². The van der Waals surface area contributed by atoms with Gasteiger partial charge in [-0.25, -0.2) is 8.78 Å². The van der Waals surface area contributed by atoms with E-state index >= 15 is 0 Å². The molecule has 3 nitrogen and oxygen atoms in total. The Labute approximate surface area is 120 Å². The van der Waals surface area contributed by atoms with Gasteiger partial charge in [-0.1, -0.05) is 0 Å². The number of hydrogen-bond acceptors (Lipinski definition) is 2. The summed E-state index contributed by atoms with van der Waals surface area (Å²) in [5.41, 5.74) is 2.31. The van der Waals surface area contributed by atoms with Gasteiger partial charge in [-0.2, -0.15) is 0 Å². The summed E-state index contributed by atoms with van der Waals surface area (Å²) in [5, 5.41) is 9.00. The maximum absolute atomic E-state index is 13.4. The summed E-state index contributed by atoms with van der Waals surface area (Å²) >= 11 is 0. The molecule has 0 saturated heterocycles. The maximum atomic E-state index is 13.4. The highest BCUT2D eigenvalue weighted by Crippen LogP contribution is 2.45. The number of rotatable bonds is 4. The molecule has 1 N–H and O–H groups in total. The summed E-state index contributed by atoms with van der Waals surface area (Å²) in [6.45, 7) is 0. The lowest BCUT2D eigenvalue weighted by molar-refractivity contribution is -0.136. The van der Waals surface area contributed by atoms with E-state index in [1.165, 1.54) is 18.3 Å². The Morgan fingerprint density at radius 3 is 2.48 bits per heavy atom. The Balaban J connectivity index is 2.15. The number of carboxylic acid groups (broad SMARTS) is 1. The van der Waals surface area contributed by atoms with Crippen molar-refractivity contribution < 1.29 is 18.7 Å². The average molecular weight is 289 g/mol. The first-order valence-electron chi connectivity index (χ1n) is 6.70. The van der Waals surface area contributed by atoms with E-state index < -0.39 is 17.6 Å². The van der Waals surface area contributed by atoms with Crippen molar-refractivity contribution in [3.8, 4) is 11.3 Å². The molecule has 1 heterocycles. The molecule has 0 amide bonds. The van der Waals surface area contributed by atoms with Crippen molar-refractivity contribution in [3.05, 3.63) is 53.2 Å². The van der Waals surface area contributed by atoms with E-state index in [9.17, 15) is 13.6 Å². The molecule has 2 aromatic rings. The second kappa shape index (κ2) is 5.24. The van der Waals surface area contributed by atoms with Crippen molar-refractivity contribution >= 4 is 5.97 Å².